The van der Waals surface area contributed by atoms with Gasteiger partial charge in [0, 0.05) is 23.9 Å². The Kier molecular flexibility index (Phi) is 12.2. The first kappa shape index (κ1) is 41.4. The molecule has 1 aromatic heterocycles. The van der Waals surface area contributed by atoms with Crippen molar-refractivity contribution in [2.45, 2.75) is 102 Å². The Bertz CT molecular complexity index is 2290. The zero-order valence-electron chi connectivity index (χ0n) is 34.9. The van der Waals surface area contributed by atoms with Crippen LogP contribution in [0.3, 0.4) is 0 Å². The number of esters is 3. The zero-order chi connectivity index (χ0) is 41.9. The predicted octanol–water partition coefficient (Wildman–Crippen LogP) is 11.8. The normalized spacial score (nSPS) is 26.9. The number of carbonyl (C=O) groups is 3. The fourth-order valence-electron chi connectivity index (χ4n) is 10.2. The summed E-state index contributed by atoms with van der Waals surface area (Å²) in [5.41, 5.74) is 5.45. The Morgan fingerprint density at radius 2 is 1.43 bits per heavy atom. The number of hydrogen-bond donors (Lipinski definition) is 0. The summed E-state index contributed by atoms with van der Waals surface area (Å²) in [6, 6.07) is 27.2. The number of fused-ring (bicyclic) bond motifs is 1. The topological polar surface area (TPSA) is 91.8 Å². The molecule has 0 N–H and O–H groups in total. The molecular weight excluding hydrogens is 767 g/mol. The lowest BCUT2D eigenvalue weighted by Crippen LogP contribution is -2.36. The summed E-state index contributed by atoms with van der Waals surface area (Å²) in [7, 11) is 0. The highest BCUT2D eigenvalue weighted by molar-refractivity contribution is 7.09. The molecule has 0 radical (unpaired) electrons. The third-order valence-electron chi connectivity index (χ3n) is 13.7. The van der Waals surface area contributed by atoms with Crippen LogP contribution in [0.15, 0.2) is 144 Å². The van der Waals surface area contributed by atoms with E-state index in [1.54, 1.807) is 35.6 Å². The Morgan fingerprint density at radius 1 is 0.817 bits per heavy atom. The van der Waals surface area contributed by atoms with Crippen LogP contribution in [0.5, 0.6) is 0 Å². The largest absolute Gasteiger partial charge is 0.458 e. The minimum atomic E-state index is -0.630. The molecule has 0 saturated heterocycles. The van der Waals surface area contributed by atoms with Crippen LogP contribution in [-0.4, -0.2) is 41.2 Å². The van der Waals surface area contributed by atoms with Gasteiger partial charge in [-0.25, -0.2) is 19.4 Å². The maximum absolute atomic E-state index is 13.5. The van der Waals surface area contributed by atoms with Crippen molar-refractivity contribution in [3.8, 4) is 0 Å². The highest BCUT2D eigenvalue weighted by Crippen LogP contribution is 2.60. The van der Waals surface area contributed by atoms with Crippen molar-refractivity contribution >= 4 is 29.2 Å². The lowest BCUT2D eigenvalue weighted by atomic mass is 9.61. The SMILES string of the molecule is C=C1/C(=C\C=C2/CCC[C@]3(C)[C@@H]([C@H](C)/C=C/[C@H](OC(=O)c4ccccc4)C4(c5nc(C)cs5)CC4)CC[C@@H]23)C[C@@H](OC(=O)c2ccccc2)C[C@@H]1OC(=O)c1ccccc1. The summed E-state index contributed by atoms with van der Waals surface area (Å²) < 4.78 is 18.5. The van der Waals surface area contributed by atoms with Crippen LogP contribution in [0.4, 0.5) is 0 Å². The van der Waals surface area contributed by atoms with Crippen molar-refractivity contribution in [3.63, 3.8) is 0 Å². The molecule has 3 aromatic carbocycles. The molecule has 8 rings (SSSR count). The fourth-order valence-corrected chi connectivity index (χ4v) is 11.3. The van der Waals surface area contributed by atoms with Gasteiger partial charge in [-0.05, 0) is 129 Å². The third-order valence-corrected chi connectivity index (χ3v) is 14.8. The molecule has 1 heterocycles. The number of nitrogens with zero attached hydrogens (tertiary/aromatic N) is 1. The molecule has 60 heavy (non-hydrogen) atoms. The van der Waals surface area contributed by atoms with E-state index in [0.29, 0.717) is 41.4 Å². The van der Waals surface area contributed by atoms with Crippen molar-refractivity contribution in [2.75, 3.05) is 0 Å². The van der Waals surface area contributed by atoms with E-state index in [4.69, 9.17) is 19.2 Å². The fraction of sp³-hybridized carbons (Fsp3) is 0.385. The number of hydrogen-bond acceptors (Lipinski definition) is 8. The first-order valence-corrected chi connectivity index (χ1v) is 22.4. The van der Waals surface area contributed by atoms with E-state index in [1.165, 1.54) is 5.57 Å². The van der Waals surface area contributed by atoms with Crippen molar-refractivity contribution in [1.82, 2.24) is 4.98 Å². The van der Waals surface area contributed by atoms with Gasteiger partial charge in [0.15, 0.2) is 0 Å². The van der Waals surface area contributed by atoms with Gasteiger partial charge < -0.3 is 14.2 Å². The van der Waals surface area contributed by atoms with Crippen LogP contribution in [-0.2, 0) is 19.6 Å². The molecule has 0 bridgehead atoms. The quantitative estimate of drug-likeness (QED) is 0.0798. The zero-order valence-corrected chi connectivity index (χ0v) is 35.7. The lowest BCUT2D eigenvalue weighted by molar-refractivity contribution is 0.00212. The maximum Gasteiger partial charge on any atom is 0.338 e. The highest BCUT2D eigenvalue weighted by atomic mass is 32.1. The van der Waals surface area contributed by atoms with Crippen molar-refractivity contribution < 1.29 is 28.6 Å². The second-order valence-electron chi connectivity index (χ2n) is 17.5. The number of carbonyl (C=O) groups excluding carboxylic acids is 3. The Hall–Kier alpha value is -5.34. The molecule has 7 nitrogen and oxygen atoms in total. The molecule has 4 fully saturated rings. The Morgan fingerprint density at radius 3 is 2.03 bits per heavy atom. The highest BCUT2D eigenvalue weighted by Gasteiger charge is 2.55. The number of benzene rings is 3. The van der Waals surface area contributed by atoms with Crippen molar-refractivity contribution in [1.29, 1.82) is 0 Å². The van der Waals surface area contributed by atoms with Crippen molar-refractivity contribution in [2.24, 2.45) is 23.2 Å². The number of rotatable bonds is 12. The van der Waals surface area contributed by atoms with Gasteiger partial charge in [0.25, 0.3) is 0 Å². The standard InChI is InChI=1S/C52H55NO6S/c1-34(22-27-46(59-49(56)40-19-12-7-13-20-40)52(29-30-52)50-53-35(2)33-60-50)43-25-26-44-37(21-14-28-51(43,44)4)23-24-41-31-42(57-47(54)38-15-8-5-9-16-38)32-45(36(41)3)58-48(55)39-17-10-6-11-18-39/h5-13,15-20,22-24,27,33-34,42-46H,3,14,21,25-26,28-32H2,1-2,4H3/b27-22+,37-23+,41-24-/t34-,42-,43-,44+,45+,46+,51-/m1/s1. The van der Waals surface area contributed by atoms with Crippen LogP contribution in [0.1, 0.15) is 113 Å². The second-order valence-corrected chi connectivity index (χ2v) is 18.4. The van der Waals surface area contributed by atoms with Crippen LogP contribution in [0, 0.1) is 30.1 Å². The second kappa shape index (κ2) is 17.7. The summed E-state index contributed by atoms with van der Waals surface area (Å²) in [5, 5.41) is 3.14. The Labute approximate surface area is 358 Å². The number of allylic oxidation sites excluding steroid dienone is 4. The molecule has 7 atom stereocenters. The summed E-state index contributed by atoms with van der Waals surface area (Å²) in [6.07, 6.45) is 15.7. The first-order chi connectivity index (χ1) is 29.0. The molecule has 4 aliphatic carbocycles. The maximum atomic E-state index is 13.5. The van der Waals surface area contributed by atoms with Gasteiger partial charge >= 0.3 is 17.9 Å². The number of thiazole rings is 1. The minimum Gasteiger partial charge on any atom is -0.458 e. The summed E-state index contributed by atoms with van der Waals surface area (Å²) in [4.78, 5) is 44.8. The van der Waals surface area contributed by atoms with E-state index in [0.717, 1.165) is 66.8 Å². The third kappa shape index (κ3) is 8.76. The molecular formula is C52H55NO6S. The van der Waals surface area contributed by atoms with Gasteiger partial charge in [0.05, 0.1) is 22.1 Å². The number of aromatic nitrogens is 1. The summed E-state index contributed by atoms with van der Waals surface area (Å²) >= 11 is 1.67. The smallest absolute Gasteiger partial charge is 0.338 e. The van der Waals surface area contributed by atoms with Gasteiger partial charge in [-0.3, -0.25) is 0 Å². The molecule has 0 unspecified atom stereocenters. The molecule has 0 spiro atoms. The van der Waals surface area contributed by atoms with Crippen LogP contribution in [0.2, 0.25) is 0 Å². The van der Waals surface area contributed by atoms with Gasteiger partial charge in [-0.1, -0.05) is 98.8 Å². The predicted molar refractivity (Wildman–Crippen MR) is 236 cm³/mol. The molecule has 310 valence electrons. The summed E-state index contributed by atoms with van der Waals surface area (Å²) in [5.74, 6) is 0.0497. The minimum absolute atomic E-state index is 0.108. The average Bonchev–Trinajstić information content (AvgIpc) is 3.82. The van der Waals surface area contributed by atoms with Crippen LogP contribution < -0.4 is 0 Å². The molecule has 4 aromatic rings. The van der Waals surface area contributed by atoms with Crippen LogP contribution in [0.25, 0.3) is 0 Å². The summed E-state index contributed by atoms with van der Waals surface area (Å²) in [6.45, 7) is 11.3. The van der Waals surface area contributed by atoms with Gasteiger partial charge in [-0.15, -0.1) is 11.3 Å². The van der Waals surface area contributed by atoms with E-state index < -0.39 is 30.3 Å². The van der Waals surface area contributed by atoms with Crippen LogP contribution >= 0.6 is 11.3 Å². The van der Waals surface area contributed by atoms with E-state index >= 15 is 0 Å². The van der Waals surface area contributed by atoms with Crippen molar-refractivity contribution in [3.05, 3.63) is 171 Å². The number of aryl methyl sites for hydroxylation is 1. The van der Waals surface area contributed by atoms with Gasteiger partial charge in [-0.2, -0.15) is 0 Å². The van der Waals surface area contributed by atoms with E-state index in [9.17, 15) is 14.4 Å². The molecule has 4 saturated carbocycles. The van der Waals surface area contributed by atoms with Gasteiger partial charge in [0.2, 0.25) is 0 Å². The Balaban J connectivity index is 1.01. The van der Waals surface area contributed by atoms with E-state index in [2.05, 4.69) is 50.1 Å². The molecule has 4 aliphatic rings. The van der Waals surface area contributed by atoms with E-state index in [1.807, 2.05) is 73.7 Å². The molecule has 0 aliphatic heterocycles. The monoisotopic (exact) mass is 821 g/mol. The number of ether oxygens (including phenoxy) is 3. The first-order valence-electron chi connectivity index (χ1n) is 21.5. The van der Waals surface area contributed by atoms with Gasteiger partial charge in [0.1, 0.15) is 23.3 Å². The van der Waals surface area contributed by atoms with E-state index in [-0.39, 0.29) is 22.7 Å². The molecule has 8 heteroatoms. The molecule has 0 amide bonds. The average molecular weight is 822 g/mol. The lowest BCUT2D eigenvalue weighted by Gasteiger charge is -2.44.